The zero-order valence-electron chi connectivity index (χ0n) is 17.0. The summed E-state index contributed by atoms with van der Waals surface area (Å²) >= 11 is 0. The van der Waals surface area contributed by atoms with Crippen LogP contribution in [-0.4, -0.2) is 35.6 Å². The molecule has 0 unspecified atom stereocenters. The Morgan fingerprint density at radius 2 is 1.94 bits per heavy atom. The number of fused-ring (bicyclic) bond motifs is 1. The Morgan fingerprint density at radius 3 is 2.68 bits per heavy atom. The number of nitrogens with zero attached hydrogens (tertiary/aromatic N) is 4. The number of benzene rings is 2. The molecule has 0 fully saturated rings. The third-order valence-electron chi connectivity index (χ3n) is 4.79. The van der Waals surface area contributed by atoms with Gasteiger partial charge in [0.25, 0.3) is 0 Å². The third-order valence-corrected chi connectivity index (χ3v) is 5.68. The van der Waals surface area contributed by atoms with Crippen molar-refractivity contribution in [3.63, 3.8) is 0 Å². The number of rotatable bonds is 5. The van der Waals surface area contributed by atoms with Gasteiger partial charge in [-0.1, -0.05) is 6.07 Å². The molecular formula is C20H20FN7O2S. The minimum absolute atomic E-state index is 0.0106. The Hall–Kier alpha value is -3.57. The van der Waals surface area contributed by atoms with Crippen LogP contribution in [0.3, 0.4) is 0 Å². The van der Waals surface area contributed by atoms with Gasteiger partial charge in [0.15, 0.2) is 11.6 Å². The fourth-order valence-electron chi connectivity index (χ4n) is 3.22. The second-order valence-corrected chi connectivity index (χ2v) is 8.73. The van der Waals surface area contributed by atoms with Gasteiger partial charge < -0.3 is 10.2 Å². The number of hydrogen-bond acceptors (Lipinski definition) is 7. The van der Waals surface area contributed by atoms with Gasteiger partial charge in [-0.15, -0.1) is 0 Å². The van der Waals surface area contributed by atoms with Crippen molar-refractivity contribution in [2.24, 2.45) is 5.14 Å². The summed E-state index contributed by atoms with van der Waals surface area (Å²) in [6.07, 6.45) is 1.55. The van der Waals surface area contributed by atoms with E-state index in [1.165, 1.54) is 12.1 Å². The number of hydrogen-bond donors (Lipinski definition) is 3. The van der Waals surface area contributed by atoms with Gasteiger partial charge in [-0.25, -0.2) is 22.9 Å². The molecule has 2 aromatic heterocycles. The van der Waals surface area contributed by atoms with Crippen molar-refractivity contribution in [1.82, 2.24) is 20.2 Å². The number of primary sulfonamides is 1. The SMILES string of the molecule is Cc1cc(Nc2nccc(N(C)c3n[nH]c4c(F)c(C)ccc34)n2)cc(S(N)(=O)=O)c1. The first kappa shape index (κ1) is 20.7. The highest BCUT2D eigenvalue weighted by Gasteiger charge is 2.17. The Kier molecular flexibility index (Phi) is 5.07. The summed E-state index contributed by atoms with van der Waals surface area (Å²) in [5.74, 6) is 0.911. The summed E-state index contributed by atoms with van der Waals surface area (Å²) < 4.78 is 37.7. The van der Waals surface area contributed by atoms with E-state index in [1.54, 1.807) is 56.3 Å². The van der Waals surface area contributed by atoms with Crippen molar-refractivity contribution in [1.29, 1.82) is 0 Å². The molecule has 0 aliphatic rings. The van der Waals surface area contributed by atoms with Crippen LogP contribution in [-0.2, 0) is 10.0 Å². The van der Waals surface area contributed by atoms with Gasteiger partial charge in [0.05, 0.1) is 4.90 Å². The zero-order valence-corrected chi connectivity index (χ0v) is 17.8. The van der Waals surface area contributed by atoms with Crippen LogP contribution >= 0.6 is 0 Å². The number of halogens is 1. The molecule has 4 N–H and O–H groups in total. The topological polar surface area (TPSA) is 130 Å². The molecule has 9 nitrogen and oxygen atoms in total. The zero-order chi connectivity index (χ0) is 22.3. The molecule has 160 valence electrons. The fraction of sp³-hybridized carbons (Fsp3) is 0.150. The number of anilines is 4. The summed E-state index contributed by atoms with van der Waals surface area (Å²) in [5, 5.41) is 15.8. The lowest BCUT2D eigenvalue weighted by molar-refractivity contribution is 0.597. The maximum Gasteiger partial charge on any atom is 0.238 e. The predicted octanol–water partition coefficient (Wildman–Crippen LogP) is 3.27. The highest BCUT2D eigenvalue weighted by molar-refractivity contribution is 7.89. The second kappa shape index (κ2) is 7.60. The molecule has 0 atom stereocenters. The first-order valence-electron chi connectivity index (χ1n) is 9.25. The molecule has 31 heavy (non-hydrogen) atoms. The highest BCUT2D eigenvalue weighted by atomic mass is 32.2. The van der Waals surface area contributed by atoms with E-state index in [-0.39, 0.29) is 16.7 Å². The normalized spacial score (nSPS) is 11.6. The number of nitrogens with one attached hydrogen (secondary N) is 2. The van der Waals surface area contributed by atoms with Gasteiger partial charge in [0.2, 0.25) is 16.0 Å². The molecule has 4 rings (SSSR count). The van der Waals surface area contributed by atoms with E-state index in [0.717, 1.165) is 0 Å². The Bertz CT molecular complexity index is 1400. The molecule has 0 amide bonds. The van der Waals surface area contributed by atoms with Gasteiger partial charge in [-0.05, 0) is 55.3 Å². The van der Waals surface area contributed by atoms with Crippen molar-refractivity contribution in [2.45, 2.75) is 18.7 Å². The minimum atomic E-state index is -3.85. The summed E-state index contributed by atoms with van der Waals surface area (Å²) in [4.78, 5) is 10.3. The summed E-state index contributed by atoms with van der Waals surface area (Å²) in [6.45, 7) is 3.45. The molecule has 4 aromatic rings. The van der Waals surface area contributed by atoms with Gasteiger partial charge in [0, 0.05) is 24.3 Å². The van der Waals surface area contributed by atoms with Crippen LogP contribution in [0.1, 0.15) is 11.1 Å². The van der Waals surface area contributed by atoms with Crippen LogP contribution < -0.4 is 15.4 Å². The molecule has 0 saturated heterocycles. The molecule has 2 heterocycles. The lowest BCUT2D eigenvalue weighted by Crippen LogP contribution is -2.14. The van der Waals surface area contributed by atoms with E-state index >= 15 is 0 Å². The van der Waals surface area contributed by atoms with E-state index < -0.39 is 10.0 Å². The van der Waals surface area contributed by atoms with Crippen LogP contribution in [0.5, 0.6) is 0 Å². The fourth-order valence-corrected chi connectivity index (χ4v) is 3.86. The maximum absolute atomic E-state index is 14.4. The second-order valence-electron chi connectivity index (χ2n) is 7.17. The molecule has 0 saturated carbocycles. The maximum atomic E-state index is 14.4. The molecule has 0 aliphatic carbocycles. The minimum Gasteiger partial charge on any atom is -0.324 e. The number of aromatic nitrogens is 4. The molecule has 2 aromatic carbocycles. The van der Waals surface area contributed by atoms with E-state index in [0.29, 0.717) is 39.4 Å². The Morgan fingerprint density at radius 1 is 1.16 bits per heavy atom. The molecule has 0 aliphatic heterocycles. The lowest BCUT2D eigenvalue weighted by atomic mass is 10.1. The highest BCUT2D eigenvalue weighted by Crippen LogP contribution is 2.30. The summed E-state index contributed by atoms with van der Waals surface area (Å²) in [6, 6.07) is 9.82. The number of sulfonamides is 1. The number of aromatic amines is 1. The van der Waals surface area contributed by atoms with E-state index in [2.05, 4.69) is 25.5 Å². The number of nitrogens with two attached hydrogens (primary N) is 1. The van der Waals surface area contributed by atoms with E-state index in [1.807, 2.05) is 0 Å². The lowest BCUT2D eigenvalue weighted by Gasteiger charge is -2.17. The van der Waals surface area contributed by atoms with Gasteiger partial charge in [0.1, 0.15) is 11.3 Å². The van der Waals surface area contributed by atoms with E-state index in [4.69, 9.17) is 5.14 Å². The van der Waals surface area contributed by atoms with Gasteiger partial charge in [-0.3, -0.25) is 5.10 Å². The van der Waals surface area contributed by atoms with Crippen LogP contribution in [0.25, 0.3) is 10.9 Å². The van der Waals surface area contributed by atoms with Gasteiger partial charge in [-0.2, -0.15) is 10.1 Å². The molecular weight excluding hydrogens is 421 g/mol. The Labute approximate surface area is 178 Å². The van der Waals surface area contributed by atoms with Crippen molar-refractivity contribution in [3.8, 4) is 0 Å². The van der Waals surface area contributed by atoms with Crippen molar-refractivity contribution in [2.75, 3.05) is 17.3 Å². The summed E-state index contributed by atoms with van der Waals surface area (Å²) in [5.41, 5.74) is 2.04. The number of aryl methyl sites for hydroxylation is 2. The van der Waals surface area contributed by atoms with Gasteiger partial charge >= 0.3 is 0 Å². The molecule has 0 bridgehead atoms. The monoisotopic (exact) mass is 441 g/mol. The largest absolute Gasteiger partial charge is 0.324 e. The van der Waals surface area contributed by atoms with Crippen LogP contribution in [0.15, 0.2) is 47.5 Å². The number of H-pyrrole nitrogens is 1. The van der Waals surface area contributed by atoms with Crippen molar-refractivity contribution < 1.29 is 12.8 Å². The van der Waals surface area contributed by atoms with Crippen LogP contribution in [0.4, 0.5) is 27.7 Å². The van der Waals surface area contributed by atoms with Crippen LogP contribution in [0.2, 0.25) is 0 Å². The van der Waals surface area contributed by atoms with E-state index in [9.17, 15) is 12.8 Å². The standard InChI is InChI=1S/C20H20FN7O2S/c1-11-8-13(10-14(9-11)31(22,29)30)24-20-23-7-6-16(25-20)28(3)19-15-5-4-12(2)17(21)18(15)26-27-19/h4-10H,1-3H3,(H,26,27)(H2,22,29,30)(H,23,24,25). The summed E-state index contributed by atoms with van der Waals surface area (Å²) in [7, 11) is -2.09. The first-order chi connectivity index (χ1) is 14.6. The van der Waals surface area contributed by atoms with Crippen LogP contribution in [0, 0.1) is 19.7 Å². The quantitative estimate of drug-likeness (QED) is 0.433. The average Bonchev–Trinajstić information content (AvgIpc) is 3.14. The average molecular weight is 441 g/mol. The first-order valence-corrected chi connectivity index (χ1v) is 10.8. The molecule has 11 heteroatoms. The van der Waals surface area contributed by atoms with Crippen molar-refractivity contribution in [3.05, 3.63) is 59.5 Å². The van der Waals surface area contributed by atoms with Crippen molar-refractivity contribution >= 4 is 44.2 Å². The molecule has 0 radical (unpaired) electrons. The molecule has 0 spiro atoms. The third kappa shape index (κ3) is 4.05. The predicted molar refractivity (Wildman–Crippen MR) is 117 cm³/mol. The smallest absolute Gasteiger partial charge is 0.238 e. The Balaban J connectivity index is 1.67.